The lowest BCUT2D eigenvalue weighted by Gasteiger charge is -2.04. The van der Waals surface area contributed by atoms with Gasteiger partial charge in [-0.2, -0.15) is 5.10 Å². The first-order valence-corrected chi connectivity index (χ1v) is 5.28. The molecule has 1 N–H and O–H groups in total. The number of carbonyl (C=O) groups excluding carboxylic acids is 1. The van der Waals surface area contributed by atoms with E-state index in [9.17, 15) is 9.18 Å². The molecule has 0 aliphatic carbocycles. The number of rotatable bonds is 3. The highest BCUT2D eigenvalue weighted by atomic mass is 19.1. The maximum Gasteiger partial charge on any atom is 0.295 e. The number of nitrogens with zero attached hydrogens (tertiary/aromatic N) is 2. The summed E-state index contributed by atoms with van der Waals surface area (Å²) in [6.45, 7) is 1.74. The Morgan fingerprint density at radius 1 is 1.44 bits per heavy atom. The van der Waals surface area contributed by atoms with Crippen LogP contribution >= 0.6 is 0 Å². The lowest BCUT2D eigenvalue weighted by molar-refractivity contribution is 0.0532. The Morgan fingerprint density at radius 3 is 2.83 bits per heavy atom. The summed E-state index contributed by atoms with van der Waals surface area (Å²) in [7, 11) is 1.33. The van der Waals surface area contributed by atoms with Crippen molar-refractivity contribution < 1.29 is 14.0 Å². The molecule has 0 unspecified atom stereocenters. The van der Waals surface area contributed by atoms with E-state index in [1.165, 1.54) is 17.9 Å². The molecule has 0 radical (unpaired) electrons. The van der Waals surface area contributed by atoms with E-state index < -0.39 is 11.7 Å². The molecule has 5 nitrogen and oxygen atoms in total. The molecule has 2 aromatic rings. The summed E-state index contributed by atoms with van der Waals surface area (Å²) in [6, 6.07) is 7.78. The zero-order valence-corrected chi connectivity index (χ0v) is 9.98. The minimum Gasteiger partial charge on any atom is -0.277 e. The van der Waals surface area contributed by atoms with E-state index in [0.29, 0.717) is 11.4 Å². The number of carbonyl (C=O) groups is 1. The molecule has 6 heteroatoms. The summed E-state index contributed by atoms with van der Waals surface area (Å²) in [6.07, 6.45) is 0. The minimum atomic E-state index is -0.476. The fraction of sp³-hybridized carbons (Fsp3) is 0.167. The number of hydroxylamine groups is 1. The highest BCUT2D eigenvalue weighted by Gasteiger charge is 2.14. The van der Waals surface area contributed by atoms with Crippen LogP contribution in [-0.2, 0) is 4.84 Å². The molecule has 0 saturated carbocycles. The first-order chi connectivity index (χ1) is 8.63. The molecule has 0 fully saturated rings. The van der Waals surface area contributed by atoms with Gasteiger partial charge in [-0.15, -0.1) is 0 Å². The van der Waals surface area contributed by atoms with Crippen molar-refractivity contribution in [1.29, 1.82) is 0 Å². The normalized spacial score (nSPS) is 10.4. The van der Waals surface area contributed by atoms with Crippen molar-refractivity contribution in [2.45, 2.75) is 6.92 Å². The molecular formula is C12H12FN3O2. The standard InChI is InChI=1S/C12H12FN3O2/c1-8-7-10(12(17)15-18-2)14-16(8)11-6-4-3-5-9(11)13/h3-7H,1-2H3,(H,15,17). The number of halogens is 1. The molecular weight excluding hydrogens is 237 g/mol. The van der Waals surface area contributed by atoms with Crippen molar-refractivity contribution in [2.75, 3.05) is 7.11 Å². The first kappa shape index (κ1) is 12.3. The smallest absolute Gasteiger partial charge is 0.277 e. The Kier molecular flexibility index (Phi) is 3.38. The maximum atomic E-state index is 13.6. The monoisotopic (exact) mass is 249 g/mol. The van der Waals surface area contributed by atoms with Crippen LogP contribution in [0.25, 0.3) is 5.69 Å². The van der Waals surface area contributed by atoms with Crippen molar-refractivity contribution in [2.24, 2.45) is 0 Å². The third kappa shape index (κ3) is 2.23. The van der Waals surface area contributed by atoms with Crippen LogP contribution in [0.4, 0.5) is 4.39 Å². The molecule has 0 aliphatic heterocycles. The van der Waals surface area contributed by atoms with E-state index >= 15 is 0 Å². The Labute approximate surface area is 103 Å². The lowest BCUT2D eigenvalue weighted by atomic mass is 10.3. The molecule has 0 bridgehead atoms. The Morgan fingerprint density at radius 2 is 2.17 bits per heavy atom. The molecule has 1 aromatic heterocycles. The fourth-order valence-electron chi connectivity index (χ4n) is 1.60. The third-order valence-electron chi connectivity index (χ3n) is 2.40. The first-order valence-electron chi connectivity index (χ1n) is 5.28. The summed E-state index contributed by atoms with van der Waals surface area (Å²) in [5.41, 5.74) is 3.28. The van der Waals surface area contributed by atoms with Gasteiger partial charge in [-0.1, -0.05) is 12.1 Å². The number of benzene rings is 1. The van der Waals surface area contributed by atoms with Crippen molar-refractivity contribution in [1.82, 2.24) is 15.3 Å². The van der Waals surface area contributed by atoms with Crippen LogP contribution in [0, 0.1) is 12.7 Å². The molecule has 0 atom stereocenters. The predicted octanol–water partition coefficient (Wildman–Crippen LogP) is 1.61. The largest absolute Gasteiger partial charge is 0.295 e. The van der Waals surface area contributed by atoms with Gasteiger partial charge in [0.2, 0.25) is 0 Å². The molecule has 94 valence electrons. The van der Waals surface area contributed by atoms with E-state index in [2.05, 4.69) is 15.4 Å². The third-order valence-corrected chi connectivity index (χ3v) is 2.40. The average Bonchev–Trinajstić information content (AvgIpc) is 2.72. The Bertz CT molecular complexity index is 580. The van der Waals surface area contributed by atoms with Crippen LogP contribution in [0.2, 0.25) is 0 Å². The van der Waals surface area contributed by atoms with Gasteiger partial charge in [0.25, 0.3) is 5.91 Å². The van der Waals surface area contributed by atoms with Crippen LogP contribution in [0.3, 0.4) is 0 Å². The molecule has 1 aromatic carbocycles. The van der Waals surface area contributed by atoms with Gasteiger partial charge in [0, 0.05) is 5.69 Å². The number of para-hydroxylation sites is 1. The van der Waals surface area contributed by atoms with E-state index in [4.69, 9.17) is 0 Å². The van der Waals surface area contributed by atoms with Crippen LogP contribution in [0.15, 0.2) is 30.3 Å². The van der Waals surface area contributed by atoms with Gasteiger partial charge < -0.3 is 0 Å². The lowest BCUT2D eigenvalue weighted by Crippen LogP contribution is -2.22. The number of aryl methyl sites for hydroxylation is 1. The van der Waals surface area contributed by atoms with E-state index in [1.54, 1.807) is 31.2 Å². The molecule has 0 saturated heterocycles. The van der Waals surface area contributed by atoms with E-state index in [0.717, 1.165) is 0 Å². The van der Waals surface area contributed by atoms with Crippen LogP contribution in [0.1, 0.15) is 16.2 Å². The SMILES string of the molecule is CONC(=O)c1cc(C)n(-c2ccccc2F)n1. The van der Waals surface area contributed by atoms with Gasteiger partial charge >= 0.3 is 0 Å². The molecule has 0 spiro atoms. The van der Waals surface area contributed by atoms with Gasteiger partial charge in [-0.25, -0.2) is 14.6 Å². The maximum absolute atomic E-state index is 13.6. The van der Waals surface area contributed by atoms with Gasteiger partial charge in [0.15, 0.2) is 5.69 Å². The zero-order chi connectivity index (χ0) is 13.1. The summed E-state index contributed by atoms with van der Waals surface area (Å²) in [4.78, 5) is 16.0. The van der Waals surface area contributed by atoms with Gasteiger partial charge in [-0.3, -0.25) is 9.63 Å². The molecule has 0 aliphatic rings. The fourth-order valence-corrected chi connectivity index (χ4v) is 1.60. The summed E-state index contributed by atoms with van der Waals surface area (Å²) >= 11 is 0. The van der Waals surface area contributed by atoms with Gasteiger partial charge in [0.05, 0.1) is 7.11 Å². The zero-order valence-electron chi connectivity index (χ0n) is 9.98. The molecule has 2 rings (SSSR count). The average molecular weight is 249 g/mol. The number of nitrogens with one attached hydrogen (secondary N) is 1. The van der Waals surface area contributed by atoms with Gasteiger partial charge in [0.1, 0.15) is 11.5 Å². The molecule has 1 amide bonds. The van der Waals surface area contributed by atoms with Crippen molar-refractivity contribution in [3.63, 3.8) is 0 Å². The minimum absolute atomic E-state index is 0.164. The van der Waals surface area contributed by atoms with E-state index in [-0.39, 0.29) is 5.69 Å². The van der Waals surface area contributed by atoms with Crippen molar-refractivity contribution >= 4 is 5.91 Å². The number of hydrogen-bond donors (Lipinski definition) is 1. The number of amides is 1. The highest BCUT2D eigenvalue weighted by molar-refractivity contribution is 5.91. The van der Waals surface area contributed by atoms with Crippen LogP contribution in [-0.4, -0.2) is 22.8 Å². The van der Waals surface area contributed by atoms with Gasteiger partial charge in [-0.05, 0) is 25.1 Å². The summed E-state index contributed by atoms with van der Waals surface area (Å²) in [5, 5.41) is 4.04. The quantitative estimate of drug-likeness (QED) is 0.841. The van der Waals surface area contributed by atoms with Crippen molar-refractivity contribution in [3.8, 4) is 5.69 Å². The second-order valence-corrected chi connectivity index (χ2v) is 3.67. The topological polar surface area (TPSA) is 56.1 Å². The highest BCUT2D eigenvalue weighted by Crippen LogP contribution is 2.15. The van der Waals surface area contributed by atoms with Crippen molar-refractivity contribution in [3.05, 3.63) is 47.5 Å². The Hall–Kier alpha value is -2.21. The Balaban J connectivity index is 2.42. The second kappa shape index (κ2) is 4.97. The van der Waals surface area contributed by atoms with E-state index in [1.807, 2.05) is 0 Å². The number of aromatic nitrogens is 2. The summed E-state index contributed by atoms with van der Waals surface area (Å²) in [5.74, 6) is -0.877. The summed E-state index contributed by atoms with van der Waals surface area (Å²) < 4.78 is 15.0. The second-order valence-electron chi connectivity index (χ2n) is 3.67. The molecule has 1 heterocycles. The number of hydrogen-bond acceptors (Lipinski definition) is 3. The van der Waals surface area contributed by atoms with Crippen LogP contribution < -0.4 is 5.48 Å². The van der Waals surface area contributed by atoms with Crippen LogP contribution in [0.5, 0.6) is 0 Å². The molecule has 18 heavy (non-hydrogen) atoms. The predicted molar refractivity (Wildman–Crippen MR) is 62.7 cm³/mol.